The van der Waals surface area contributed by atoms with Crippen molar-refractivity contribution in [3.63, 3.8) is 0 Å². The predicted octanol–water partition coefficient (Wildman–Crippen LogP) is 4.62. The molecule has 0 radical (unpaired) electrons. The molecule has 1 aliphatic heterocycles. The molecule has 10 nitrogen and oxygen atoms in total. The van der Waals surface area contributed by atoms with E-state index < -0.39 is 0 Å². The third-order valence-corrected chi connectivity index (χ3v) is 7.49. The van der Waals surface area contributed by atoms with Gasteiger partial charge in [0.2, 0.25) is 11.8 Å². The average molecular weight is 581 g/mol. The van der Waals surface area contributed by atoms with Gasteiger partial charge in [0.25, 0.3) is 0 Å². The molecule has 10 heteroatoms. The van der Waals surface area contributed by atoms with Gasteiger partial charge >= 0.3 is 0 Å². The number of carbonyl (C=O) groups excluding carboxylic acids is 2. The molecule has 2 heterocycles. The summed E-state index contributed by atoms with van der Waals surface area (Å²) in [6.45, 7) is 6.50. The zero-order valence-electron chi connectivity index (χ0n) is 24.5. The number of carbonyl (C=O) groups is 2. The molecular weight excluding hydrogens is 544 g/mol. The third kappa shape index (κ3) is 7.47. The van der Waals surface area contributed by atoms with Gasteiger partial charge in [-0.25, -0.2) is 9.97 Å². The number of rotatable bonds is 12. The van der Waals surface area contributed by atoms with E-state index in [1.54, 1.807) is 20.3 Å². The van der Waals surface area contributed by atoms with Crippen molar-refractivity contribution in [2.24, 2.45) is 0 Å². The Hall–Kier alpha value is -4.96. The van der Waals surface area contributed by atoms with Crippen molar-refractivity contribution >= 4 is 39.9 Å². The van der Waals surface area contributed by atoms with E-state index in [2.05, 4.69) is 73.8 Å². The summed E-state index contributed by atoms with van der Waals surface area (Å²) in [5, 5.41) is 9.64. The number of fused-ring (bicyclic) bond motifs is 2. The molecule has 43 heavy (non-hydrogen) atoms. The second-order valence-corrected chi connectivity index (χ2v) is 10.3. The summed E-state index contributed by atoms with van der Waals surface area (Å²) >= 11 is 0. The minimum atomic E-state index is -0.310. The first-order valence-electron chi connectivity index (χ1n) is 14.2. The number of nitrogens with one attached hydrogen (secondary N) is 3. The summed E-state index contributed by atoms with van der Waals surface area (Å²) in [5.41, 5.74) is 6.16. The fraction of sp³-hybridized carbons (Fsp3) is 0.273. The highest BCUT2D eigenvalue weighted by molar-refractivity contribution is 5.97. The first-order valence-corrected chi connectivity index (χ1v) is 14.2. The second-order valence-electron chi connectivity index (χ2n) is 10.3. The molecule has 2 amide bonds. The second kappa shape index (κ2) is 13.8. The first-order chi connectivity index (χ1) is 20.9. The van der Waals surface area contributed by atoms with Crippen molar-refractivity contribution in [2.45, 2.75) is 25.8 Å². The van der Waals surface area contributed by atoms with Crippen molar-refractivity contribution in [3.05, 3.63) is 90.3 Å². The van der Waals surface area contributed by atoms with Crippen LogP contribution in [0.4, 0.5) is 17.2 Å². The van der Waals surface area contributed by atoms with Crippen molar-refractivity contribution in [3.8, 4) is 11.5 Å². The topological polar surface area (TPSA) is 118 Å². The van der Waals surface area contributed by atoms with E-state index in [-0.39, 0.29) is 24.8 Å². The normalized spacial score (nSPS) is 12.7. The standard InChI is InChI=1S/C33H36N6O4/c1-4-31(40)34-14-11-32(41)37-26-9-10-28-27(19-26)33(36-21-35-28)38-25-7-5-22(6-8-25)12-15-39-16-13-23-17-29(42-2)30(43-3)18-24(23)20-39/h4-10,17-19,21H,1,11-16,20H2,2-3H3,(H,34,40)(H,37,41)(H,35,36,38). The molecule has 222 valence electrons. The molecule has 0 bridgehead atoms. The largest absolute Gasteiger partial charge is 0.493 e. The van der Waals surface area contributed by atoms with Gasteiger partial charge in [-0.1, -0.05) is 18.7 Å². The monoisotopic (exact) mass is 580 g/mol. The smallest absolute Gasteiger partial charge is 0.243 e. The lowest BCUT2D eigenvalue weighted by atomic mass is 9.98. The van der Waals surface area contributed by atoms with Crippen LogP contribution < -0.4 is 25.4 Å². The van der Waals surface area contributed by atoms with Crippen LogP contribution in [-0.2, 0) is 29.0 Å². The molecule has 1 aromatic heterocycles. The molecule has 0 spiro atoms. The summed E-state index contributed by atoms with van der Waals surface area (Å²) < 4.78 is 11.0. The van der Waals surface area contributed by atoms with E-state index in [1.807, 2.05) is 12.1 Å². The number of hydrogen-bond acceptors (Lipinski definition) is 8. The molecular formula is C33H36N6O4. The van der Waals surface area contributed by atoms with Crippen LogP contribution in [0.2, 0.25) is 0 Å². The number of amides is 2. The van der Waals surface area contributed by atoms with Gasteiger partial charge in [0, 0.05) is 49.4 Å². The number of aromatic nitrogens is 2. The molecule has 0 saturated heterocycles. The molecule has 3 aromatic carbocycles. The van der Waals surface area contributed by atoms with E-state index >= 15 is 0 Å². The summed E-state index contributed by atoms with van der Waals surface area (Å²) in [6.07, 6.45) is 4.77. The van der Waals surface area contributed by atoms with Gasteiger partial charge in [0.15, 0.2) is 11.5 Å². The van der Waals surface area contributed by atoms with Gasteiger partial charge in [-0.2, -0.15) is 0 Å². The summed E-state index contributed by atoms with van der Waals surface area (Å²) in [5.74, 6) is 1.68. The van der Waals surface area contributed by atoms with Crippen LogP contribution in [0, 0.1) is 0 Å². The highest BCUT2D eigenvalue weighted by atomic mass is 16.5. The Morgan fingerprint density at radius 2 is 1.72 bits per heavy atom. The fourth-order valence-electron chi connectivity index (χ4n) is 5.14. The lowest BCUT2D eigenvalue weighted by Crippen LogP contribution is -2.32. The Labute approximate surface area is 251 Å². The van der Waals surface area contributed by atoms with E-state index in [0.29, 0.717) is 11.5 Å². The minimum Gasteiger partial charge on any atom is -0.493 e. The maximum Gasteiger partial charge on any atom is 0.243 e. The maximum atomic E-state index is 12.3. The molecule has 0 saturated carbocycles. The molecule has 1 aliphatic rings. The molecule has 5 rings (SSSR count). The van der Waals surface area contributed by atoms with Crippen LogP contribution >= 0.6 is 0 Å². The van der Waals surface area contributed by atoms with Crippen LogP contribution in [-0.4, -0.2) is 60.5 Å². The van der Waals surface area contributed by atoms with Gasteiger partial charge in [0.1, 0.15) is 12.1 Å². The summed E-state index contributed by atoms with van der Waals surface area (Å²) in [4.78, 5) is 34.9. The zero-order chi connectivity index (χ0) is 30.2. The maximum absolute atomic E-state index is 12.3. The highest BCUT2D eigenvalue weighted by Gasteiger charge is 2.19. The lowest BCUT2D eigenvalue weighted by Gasteiger charge is -2.29. The molecule has 4 aromatic rings. The Morgan fingerprint density at radius 3 is 2.47 bits per heavy atom. The van der Waals surface area contributed by atoms with Gasteiger partial charge in [0.05, 0.1) is 19.7 Å². The fourth-order valence-corrected chi connectivity index (χ4v) is 5.14. The van der Waals surface area contributed by atoms with Gasteiger partial charge < -0.3 is 25.4 Å². The number of ether oxygens (including phenoxy) is 2. The summed E-state index contributed by atoms with van der Waals surface area (Å²) in [7, 11) is 3.35. The van der Waals surface area contributed by atoms with Gasteiger partial charge in [-0.05, 0) is 78.1 Å². The number of methoxy groups -OCH3 is 2. The SMILES string of the molecule is C=CC(=O)NCCC(=O)Nc1ccc2ncnc(Nc3ccc(CCN4CCc5cc(OC)c(OC)cc5C4)cc3)c2c1. The number of anilines is 3. The predicted molar refractivity (Wildman–Crippen MR) is 168 cm³/mol. The van der Waals surface area contributed by atoms with Crippen LogP contribution in [0.25, 0.3) is 10.9 Å². The molecule has 0 fully saturated rings. The van der Waals surface area contributed by atoms with E-state index in [4.69, 9.17) is 9.47 Å². The zero-order valence-corrected chi connectivity index (χ0v) is 24.5. The first kappa shape index (κ1) is 29.5. The van der Waals surface area contributed by atoms with Crippen molar-refractivity contribution < 1.29 is 19.1 Å². The van der Waals surface area contributed by atoms with Gasteiger partial charge in [-0.3, -0.25) is 14.5 Å². The quantitative estimate of drug-likeness (QED) is 0.208. The minimum absolute atomic E-state index is 0.148. The Bertz CT molecular complexity index is 1620. The summed E-state index contributed by atoms with van der Waals surface area (Å²) in [6, 6.07) is 18.0. The molecule has 0 aliphatic carbocycles. The van der Waals surface area contributed by atoms with E-state index in [9.17, 15) is 9.59 Å². The van der Waals surface area contributed by atoms with Crippen LogP contribution in [0.15, 0.2) is 73.6 Å². The third-order valence-electron chi connectivity index (χ3n) is 7.49. The van der Waals surface area contributed by atoms with Crippen molar-refractivity contribution in [1.29, 1.82) is 0 Å². The Balaban J connectivity index is 1.18. The Kier molecular flexibility index (Phi) is 9.48. The van der Waals surface area contributed by atoms with Gasteiger partial charge in [-0.15, -0.1) is 0 Å². The molecule has 0 unspecified atom stereocenters. The number of nitrogens with zero attached hydrogens (tertiary/aromatic N) is 3. The average Bonchev–Trinajstić information content (AvgIpc) is 3.03. The van der Waals surface area contributed by atoms with Crippen LogP contribution in [0.1, 0.15) is 23.1 Å². The molecule has 3 N–H and O–H groups in total. The van der Waals surface area contributed by atoms with E-state index in [1.165, 1.54) is 29.1 Å². The van der Waals surface area contributed by atoms with Crippen LogP contribution in [0.5, 0.6) is 11.5 Å². The number of hydrogen-bond donors (Lipinski definition) is 3. The van der Waals surface area contributed by atoms with Crippen molar-refractivity contribution in [2.75, 3.05) is 44.5 Å². The Morgan fingerprint density at radius 1 is 0.977 bits per heavy atom. The number of benzene rings is 3. The lowest BCUT2D eigenvalue weighted by molar-refractivity contribution is -0.117. The molecule has 0 atom stereocenters. The van der Waals surface area contributed by atoms with Crippen LogP contribution in [0.3, 0.4) is 0 Å². The van der Waals surface area contributed by atoms with Crippen molar-refractivity contribution in [1.82, 2.24) is 20.2 Å². The highest BCUT2D eigenvalue weighted by Crippen LogP contribution is 2.33. The van der Waals surface area contributed by atoms with E-state index in [0.717, 1.165) is 60.6 Å².